The lowest BCUT2D eigenvalue weighted by molar-refractivity contribution is -0.123. The second kappa shape index (κ2) is 10.3. The molecular weight excluding hydrogens is 474 g/mol. The van der Waals surface area contributed by atoms with E-state index in [1.807, 2.05) is 0 Å². The Morgan fingerprint density at radius 3 is 2.51 bits per heavy atom. The highest BCUT2D eigenvalue weighted by Gasteiger charge is 2.36. The van der Waals surface area contributed by atoms with Crippen LogP contribution in [0.2, 0.25) is 0 Å². The van der Waals surface area contributed by atoms with E-state index in [1.54, 1.807) is 42.5 Å². The van der Waals surface area contributed by atoms with Crippen LogP contribution >= 0.6 is 11.8 Å². The molecule has 4 rings (SSSR count). The fourth-order valence-corrected chi connectivity index (χ4v) is 4.07. The zero-order chi connectivity index (χ0) is 24.9. The molecule has 1 saturated heterocycles. The zero-order valence-electron chi connectivity index (χ0n) is 18.4. The minimum Gasteiger partial charge on any atom is -0.488 e. The number of hydrogen-bond acceptors (Lipinski definition) is 8. The molecule has 1 fully saturated rings. The number of nitrogens with zero attached hydrogens (tertiary/aromatic N) is 1. The smallest absolute Gasteiger partial charge is 0.373 e. The van der Waals surface area contributed by atoms with Crippen molar-refractivity contribution in [2.24, 2.45) is 0 Å². The molecule has 35 heavy (non-hydrogen) atoms. The fraction of sp³-hybridized carbons (Fsp3) is 0.120. The van der Waals surface area contributed by atoms with Gasteiger partial charge in [-0.3, -0.25) is 14.5 Å². The van der Waals surface area contributed by atoms with Gasteiger partial charge in [-0.25, -0.2) is 9.59 Å². The van der Waals surface area contributed by atoms with Crippen LogP contribution in [0.4, 0.5) is 4.79 Å². The predicted octanol–water partition coefficient (Wildman–Crippen LogP) is 4.58. The van der Waals surface area contributed by atoms with Crippen molar-refractivity contribution in [3.05, 3.63) is 93.8 Å². The minimum atomic E-state index is -1.01. The Kier molecular flexibility index (Phi) is 7.02. The first kappa shape index (κ1) is 23.8. The number of carboxylic acids is 1. The summed E-state index contributed by atoms with van der Waals surface area (Å²) in [6.45, 7) is 0.0662. The highest BCUT2D eigenvalue weighted by atomic mass is 32.2. The quantitative estimate of drug-likeness (QED) is 0.355. The SMILES string of the molecule is COC(=O)c1ccc(CN2C(=O)SC(=Cc3ccccc3OCc3ccc(C(=O)O)cc3)C2=O)o1. The summed E-state index contributed by atoms with van der Waals surface area (Å²) in [6.07, 6.45) is 1.58. The summed E-state index contributed by atoms with van der Waals surface area (Å²) in [7, 11) is 1.22. The molecule has 3 aromatic rings. The molecule has 178 valence electrons. The number of methoxy groups -OCH3 is 1. The van der Waals surface area contributed by atoms with Gasteiger partial charge >= 0.3 is 11.9 Å². The molecule has 0 bridgehead atoms. The number of thioether (sulfide) groups is 1. The molecule has 1 aromatic heterocycles. The maximum atomic E-state index is 12.9. The molecule has 0 saturated carbocycles. The molecule has 10 heteroatoms. The van der Waals surface area contributed by atoms with E-state index in [4.69, 9.17) is 14.3 Å². The van der Waals surface area contributed by atoms with Crippen LogP contribution in [0.25, 0.3) is 6.08 Å². The van der Waals surface area contributed by atoms with Crippen LogP contribution in [0, 0.1) is 0 Å². The van der Waals surface area contributed by atoms with E-state index in [1.165, 1.54) is 31.4 Å². The number of ether oxygens (including phenoxy) is 2. The zero-order valence-corrected chi connectivity index (χ0v) is 19.2. The Morgan fingerprint density at radius 2 is 1.80 bits per heavy atom. The number of esters is 1. The highest BCUT2D eigenvalue weighted by Crippen LogP contribution is 2.35. The van der Waals surface area contributed by atoms with Gasteiger partial charge in [-0.1, -0.05) is 30.3 Å². The van der Waals surface area contributed by atoms with Crippen LogP contribution in [0.5, 0.6) is 5.75 Å². The van der Waals surface area contributed by atoms with Crippen LogP contribution in [0.1, 0.15) is 37.8 Å². The maximum Gasteiger partial charge on any atom is 0.373 e. The molecule has 2 heterocycles. The number of para-hydroxylation sites is 1. The summed E-state index contributed by atoms with van der Waals surface area (Å²) in [5, 5.41) is 8.55. The summed E-state index contributed by atoms with van der Waals surface area (Å²) in [6, 6.07) is 16.3. The monoisotopic (exact) mass is 493 g/mol. The van der Waals surface area contributed by atoms with Crippen molar-refractivity contribution < 1.29 is 38.2 Å². The second-order valence-corrected chi connectivity index (χ2v) is 8.35. The number of aromatic carboxylic acids is 1. The van der Waals surface area contributed by atoms with Crippen LogP contribution in [-0.2, 0) is 22.7 Å². The maximum absolute atomic E-state index is 12.9. The van der Waals surface area contributed by atoms with Gasteiger partial charge in [0, 0.05) is 5.56 Å². The van der Waals surface area contributed by atoms with Gasteiger partial charge in [0.05, 0.1) is 24.1 Å². The molecule has 0 unspecified atom stereocenters. The van der Waals surface area contributed by atoms with Crippen molar-refractivity contribution in [3.63, 3.8) is 0 Å². The summed E-state index contributed by atoms with van der Waals surface area (Å²) < 4.78 is 15.8. The highest BCUT2D eigenvalue weighted by molar-refractivity contribution is 8.18. The first-order valence-corrected chi connectivity index (χ1v) is 11.1. The second-order valence-electron chi connectivity index (χ2n) is 7.35. The number of carbonyl (C=O) groups excluding carboxylic acids is 3. The molecule has 0 atom stereocenters. The fourth-order valence-electron chi connectivity index (χ4n) is 3.24. The van der Waals surface area contributed by atoms with Crippen molar-refractivity contribution in [2.75, 3.05) is 7.11 Å². The number of hydrogen-bond donors (Lipinski definition) is 1. The van der Waals surface area contributed by atoms with Gasteiger partial charge in [-0.05, 0) is 53.7 Å². The first-order valence-electron chi connectivity index (χ1n) is 10.3. The Labute approximate surface area is 203 Å². The van der Waals surface area contributed by atoms with E-state index in [0.717, 1.165) is 22.2 Å². The summed E-state index contributed by atoms with van der Waals surface area (Å²) >= 11 is 0.795. The summed E-state index contributed by atoms with van der Waals surface area (Å²) in [4.78, 5) is 49.2. The Bertz CT molecular complexity index is 1330. The largest absolute Gasteiger partial charge is 0.488 e. The molecule has 0 spiro atoms. The van der Waals surface area contributed by atoms with Gasteiger partial charge < -0.3 is 19.0 Å². The third-order valence-electron chi connectivity index (χ3n) is 5.04. The third-order valence-corrected chi connectivity index (χ3v) is 5.94. The lowest BCUT2D eigenvalue weighted by Crippen LogP contribution is -2.27. The normalized spacial score (nSPS) is 14.4. The molecule has 1 aliphatic rings. The van der Waals surface area contributed by atoms with E-state index < -0.39 is 23.1 Å². The van der Waals surface area contributed by atoms with E-state index in [-0.39, 0.29) is 35.1 Å². The average Bonchev–Trinajstić information content (AvgIpc) is 3.43. The molecule has 2 aromatic carbocycles. The molecule has 1 aliphatic heterocycles. The Hall–Kier alpha value is -4.31. The van der Waals surface area contributed by atoms with E-state index >= 15 is 0 Å². The Morgan fingerprint density at radius 1 is 1.06 bits per heavy atom. The van der Waals surface area contributed by atoms with Gasteiger partial charge in [0.1, 0.15) is 18.1 Å². The lowest BCUT2D eigenvalue weighted by Gasteiger charge is -2.11. The number of furan rings is 1. The topological polar surface area (TPSA) is 123 Å². The standard InChI is InChI=1S/C25H19NO8S/c1-32-24(30)20-11-10-18(34-20)13-26-22(27)21(35-25(26)31)12-17-4-2-3-5-19(17)33-14-15-6-8-16(9-7-15)23(28)29/h2-12H,13-14H2,1H3,(H,28,29). The van der Waals surface area contributed by atoms with Crippen LogP contribution in [0.3, 0.4) is 0 Å². The van der Waals surface area contributed by atoms with Crippen LogP contribution < -0.4 is 4.74 Å². The number of carbonyl (C=O) groups is 4. The van der Waals surface area contributed by atoms with E-state index in [9.17, 15) is 19.2 Å². The molecule has 1 N–H and O–H groups in total. The van der Waals surface area contributed by atoms with Crippen molar-refractivity contribution in [1.29, 1.82) is 0 Å². The summed E-state index contributed by atoms with van der Waals surface area (Å²) in [5.41, 5.74) is 1.56. The number of imide groups is 1. The number of rotatable bonds is 8. The minimum absolute atomic E-state index is 0.0197. The molecule has 2 amide bonds. The van der Waals surface area contributed by atoms with Crippen molar-refractivity contribution in [2.45, 2.75) is 13.2 Å². The van der Waals surface area contributed by atoms with E-state index in [2.05, 4.69) is 4.74 Å². The van der Waals surface area contributed by atoms with Crippen molar-refractivity contribution >= 4 is 40.9 Å². The number of amides is 2. The van der Waals surface area contributed by atoms with Gasteiger partial charge in [0.15, 0.2) is 0 Å². The third kappa shape index (κ3) is 5.44. The predicted molar refractivity (Wildman–Crippen MR) is 126 cm³/mol. The molecule has 0 aliphatic carbocycles. The van der Waals surface area contributed by atoms with Crippen molar-refractivity contribution in [3.8, 4) is 5.75 Å². The molecular formula is C25H19NO8S. The molecule has 9 nitrogen and oxygen atoms in total. The van der Waals surface area contributed by atoms with Gasteiger partial charge in [0.2, 0.25) is 5.76 Å². The van der Waals surface area contributed by atoms with Crippen LogP contribution in [0.15, 0.2) is 70.0 Å². The Balaban J connectivity index is 1.47. The molecule has 0 radical (unpaired) electrons. The van der Waals surface area contributed by atoms with Gasteiger partial charge in [-0.2, -0.15) is 0 Å². The number of benzene rings is 2. The van der Waals surface area contributed by atoms with Crippen molar-refractivity contribution in [1.82, 2.24) is 4.90 Å². The average molecular weight is 493 g/mol. The first-order chi connectivity index (χ1) is 16.9. The van der Waals surface area contributed by atoms with E-state index in [0.29, 0.717) is 11.3 Å². The van der Waals surface area contributed by atoms with Gasteiger partial charge in [0.25, 0.3) is 11.1 Å². The van der Waals surface area contributed by atoms with Crippen LogP contribution in [-0.4, -0.2) is 40.2 Å². The lowest BCUT2D eigenvalue weighted by atomic mass is 10.1. The number of carboxylic acid groups (broad SMARTS) is 1. The van der Waals surface area contributed by atoms with Gasteiger partial charge in [-0.15, -0.1) is 0 Å². The summed E-state index contributed by atoms with van der Waals surface area (Å²) in [5.74, 6) is -1.40.